The summed E-state index contributed by atoms with van der Waals surface area (Å²) < 4.78 is 0. The average Bonchev–Trinajstić information content (AvgIpc) is 2.15. The number of aryl methyl sites for hydroxylation is 1. The molecule has 1 aromatic rings. The summed E-state index contributed by atoms with van der Waals surface area (Å²) in [4.78, 5) is 13.5. The summed E-state index contributed by atoms with van der Waals surface area (Å²) in [5.74, 6) is 0.106. The third-order valence-corrected chi connectivity index (χ3v) is 2.79. The van der Waals surface area contributed by atoms with Crippen molar-refractivity contribution >= 4 is 11.6 Å². The number of benzene rings is 1. The number of anilines is 1. The molecule has 0 saturated carbocycles. The van der Waals surface area contributed by atoms with E-state index in [0.29, 0.717) is 0 Å². The van der Waals surface area contributed by atoms with Crippen LogP contribution in [0.4, 0.5) is 5.69 Å². The number of nitrogen functional groups attached to an aromatic ring is 1. The molecule has 1 aromatic carbocycles. The van der Waals surface area contributed by atoms with Gasteiger partial charge in [0.1, 0.15) is 0 Å². The number of nitrogens with zero attached hydrogens (tertiary/aromatic N) is 1. The third kappa shape index (κ3) is 1.25. The van der Waals surface area contributed by atoms with Gasteiger partial charge in [0.15, 0.2) is 0 Å². The lowest BCUT2D eigenvalue weighted by Gasteiger charge is -2.25. The molecule has 1 aliphatic heterocycles. The van der Waals surface area contributed by atoms with Crippen LogP contribution in [0.3, 0.4) is 0 Å². The fourth-order valence-electron chi connectivity index (χ4n) is 1.77. The Morgan fingerprint density at radius 1 is 1.43 bits per heavy atom. The minimum atomic E-state index is 0.106. The minimum Gasteiger partial charge on any atom is -0.399 e. The SMILES string of the molecule is Cc1cc2c(cc1N)CCN(C)C2=O. The summed E-state index contributed by atoms with van der Waals surface area (Å²) in [7, 11) is 1.83. The first kappa shape index (κ1) is 9.06. The molecule has 0 radical (unpaired) electrons. The zero-order valence-corrected chi connectivity index (χ0v) is 8.50. The maximum atomic E-state index is 11.8. The van der Waals surface area contributed by atoms with Gasteiger partial charge >= 0.3 is 0 Å². The van der Waals surface area contributed by atoms with Crippen molar-refractivity contribution in [3.8, 4) is 0 Å². The number of carbonyl (C=O) groups is 1. The lowest BCUT2D eigenvalue weighted by Crippen LogP contribution is -2.34. The van der Waals surface area contributed by atoms with Crippen LogP contribution in [0.25, 0.3) is 0 Å². The maximum Gasteiger partial charge on any atom is 0.253 e. The van der Waals surface area contributed by atoms with E-state index in [0.717, 1.165) is 35.3 Å². The first-order valence-electron chi connectivity index (χ1n) is 4.74. The van der Waals surface area contributed by atoms with Crippen LogP contribution in [0.5, 0.6) is 0 Å². The molecular weight excluding hydrogens is 176 g/mol. The topological polar surface area (TPSA) is 46.3 Å². The van der Waals surface area contributed by atoms with Gasteiger partial charge in [-0.15, -0.1) is 0 Å². The summed E-state index contributed by atoms with van der Waals surface area (Å²) in [6.45, 7) is 2.71. The number of rotatable bonds is 0. The Bertz CT molecular complexity index is 399. The Kier molecular flexibility index (Phi) is 1.95. The molecule has 0 aliphatic carbocycles. The quantitative estimate of drug-likeness (QED) is 0.625. The number of likely N-dealkylation sites (N-methyl/N-ethyl adjacent to an activating group) is 1. The molecule has 14 heavy (non-hydrogen) atoms. The molecule has 74 valence electrons. The molecule has 0 atom stereocenters. The molecule has 0 spiro atoms. The van der Waals surface area contributed by atoms with Crippen LogP contribution in [0, 0.1) is 6.92 Å². The first-order chi connectivity index (χ1) is 6.59. The average molecular weight is 190 g/mol. The van der Waals surface area contributed by atoms with Crippen molar-refractivity contribution in [2.45, 2.75) is 13.3 Å². The van der Waals surface area contributed by atoms with Gasteiger partial charge in [0.2, 0.25) is 0 Å². The third-order valence-electron chi connectivity index (χ3n) is 2.79. The van der Waals surface area contributed by atoms with E-state index in [1.54, 1.807) is 4.90 Å². The van der Waals surface area contributed by atoms with Gasteiger partial charge in [0, 0.05) is 24.8 Å². The summed E-state index contributed by atoms with van der Waals surface area (Å²) in [5.41, 5.74) is 9.45. The van der Waals surface area contributed by atoms with Gasteiger partial charge in [-0.2, -0.15) is 0 Å². The van der Waals surface area contributed by atoms with Gasteiger partial charge in [0.05, 0.1) is 0 Å². The standard InChI is InChI=1S/C11H14N2O/c1-7-5-9-8(6-10(7)12)3-4-13(2)11(9)14/h5-6H,3-4,12H2,1-2H3. The Balaban J connectivity index is 2.56. The predicted molar refractivity (Wildman–Crippen MR) is 56.3 cm³/mol. The zero-order chi connectivity index (χ0) is 10.3. The van der Waals surface area contributed by atoms with E-state index in [2.05, 4.69) is 0 Å². The molecule has 2 rings (SSSR count). The van der Waals surface area contributed by atoms with Crippen LogP contribution in [0.1, 0.15) is 21.5 Å². The molecule has 0 aromatic heterocycles. The normalized spacial score (nSPS) is 15.6. The predicted octanol–water partition coefficient (Wildman–Crippen LogP) is 1.21. The van der Waals surface area contributed by atoms with Gasteiger partial charge in [-0.1, -0.05) is 0 Å². The smallest absolute Gasteiger partial charge is 0.253 e. The van der Waals surface area contributed by atoms with Crippen molar-refractivity contribution in [3.05, 3.63) is 28.8 Å². The van der Waals surface area contributed by atoms with Crippen molar-refractivity contribution in [2.24, 2.45) is 0 Å². The zero-order valence-electron chi connectivity index (χ0n) is 8.50. The molecule has 2 N–H and O–H groups in total. The summed E-state index contributed by atoms with van der Waals surface area (Å²) in [6.07, 6.45) is 0.905. The monoisotopic (exact) mass is 190 g/mol. The molecule has 3 nitrogen and oxygen atoms in total. The highest BCUT2D eigenvalue weighted by molar-refractivity contribution is 5.97. The van der Waals surface area contributed by atoms with E-state index < -0.39 is 0 Å². The Morgan fingerprint density at radius 2 is 2.14 bits per heavy atom. The van der Waals surface area contributed by atoms with E-state index in [-0.39, 0.29) is 5.91 Å². The lowest BCUT2D eigenvalue weighted by molar-refractivity contribution is 0.0781. The van der Waals surface area contributed by atoms with Crippen molar-refractivity contribution in [3.63, 3.8) is 0 Å². The van der Waals surface area contributed by atoms with Gasteiger partial charge in [-0.3, -0.25) is 4.79 Å². The summed E-state index contributed by atoms with van der Waals surface area (Å²) >= 11 is 0. The minimum absolute atomic E-state index is 0.106. The summed E-state index contributed by atoms with van der Waals surface area (Å²) in [5, 5.41) is 0. The number of nitrogens with two attached hydrogens (primary N) is 1. The van der Waals surface area contributed by atoms with Crippen LogP contribution in [-0.2, 0) is 6.42 Å². The van der Waals surface area contributed by atoms with E-state index in [9.17, 15) is 4.79 Å². The molecular formula is C11H14N2O. The Morgan fingerprint density at radius 3 is 2.86 bits per heavy atom. The van der Waals surface area contributed by atoms with E-state index in [1.165, 1.54) is 0 Å². The second-order valence-electron chi connectivity index (χ2n) is 3.84. The molecule has 1 amide bonds. The first-order valence-corrected chi connectivity index (χ1v) is 4.74. The molecule has 3 heteroatoms. The van der Waals surface area contributed by atoms with Crippen molar-refractivity contribution in [1.82, 2.24) is 4.90 Å². The van der Waals surface area contributed by atoms with E-state index in [4.69, 9.17) is 5.73 Å². The second kappa shape index (κ2) is 3.01. The van der Waals surface area contributed by atoms with E-state index >= 15 is 0 Å². The second-order valence-corrected chi connectivity index (χ2v) is 3.84. The van der Waals surface area contributed by atoms with Gasteiger partial charge < -0.3 is 10.6 Å². The number of carbonyl (C=O) groups excluding carboxylic acids is 1. The molecule has 0 saturated heterocycles. The lowest BCUT2D eigenvalue weighted by atomic mass is 9.96. The molecule has 1 aliphatic rings. The molecule has 0 fully saturated rings. The van der Waals surface area contributed by atoms with Gasteiger partial charge in [-0.25, -0.2) is 0 Å². The van der Waals surface area contributed by atoms with Gasteiger partial charge in [0.25, 0.3) is 5.91 Å². The molecule has 0 bridgehead atoms. The summed E-state index contributed by atoms with van der Waals surface area (Å²) in [6, 6.07) is 3.82. The van der Waals surface area contributed by atoms with Crippen LogP contribution in [0.15, 0.2) is 12.1 Å². The largest absolute Gasteiger partial charge is 0.399 e. The number of hydrogen-bond donors (Lipinski definition) is 1. The van der Waals surface area contributed by atoms with E-state index in [1.807, 2.05) is 26.1 Å². The highest BCUT2D eigenvalue weighted by Gasteiger charge is 2.21. The number of amides is 1. The van der Waals surface area contributed by atoms with Gasteiger partial charge in [-0.05, 0) is 36.6 Å². The van der Waals surface area contributed by atoms with Crippen molar-refractivity contribution in [2.75, 3.05) is 19.3 Å². The number of fused-ring (bicyclic) bond motifs is 1. The van der Waals surface area contributed by atoms with Crippen LogP contribution < -0.4 is 5.73 Å². The Labute approximate surface area is 83.5 Å². The highest BCUT2D eigenvalue weighted by Crippen LogP contribution is 2.23. The fourth-order valence-corrected chi connectivity index (χ4v) is 1.77. The van der Waals surface area contributed by atoms with Crippen LogP contribution in [0.2, 0.25) is 0 Å². The Hall–Kier alpha value is -1.51. The highest BCUT2D eigenvalue weighted by atomic mass is 16.2. The van der Waals surface area contributed by atoms with Crippen molar-refractivity contribution < 1.29 is 4.79 Å². The van der Waals surface area contributed by atoms with Crippen LogP contribution >= 0.6 is 0 Å². The molecule has 0 unspecified atom stereocenters. The van der Waals surface area contributed by atoms with Crippen LogP contribution in [-0.4, -0.2) is 24.4 Å². The molecule has 1 heterocycles. The maximum absolute atomic E-state index is 11.8. The fraction of sp³-hybridized carbons (Fsp3) is 0.364. The van der Waals surface area contributed by atoms with Crippen molar-refractivity contribution in [1.29, 1.82) is 0 Å². The number of hydrogen-bond acceptors (Lipinski definition) is 2.